The van der Waals surface area contributed by atoms with Crippen LogP contribution < -0.4 is 5.32 Å². The summed E-state index contributed by atoms with van der Waals surface area (Å²) < 4.78 is 5.88. The summed E-state index contributed by atoms with van der Waals surface area (Å²) in [6.07, 6.45) is 2.35. The molecule has 0 aliphatic rings. The van der Waals surface area contributed by atoms with Crippen LogP contribution in [-0.2, 0) is 6.42 Å². The van der Waals surface area contributed by atoms with E-state index >= 15 is 0 Å². The maximum absolute atomic E-state index is 6.15. The highest BCUT2D eigenvalue weighted by Crippen LogP contribution is 2.33. The van der Waals surface area contributed by atoms with Gasteiger partial charge in [-0.05, 0) is 18.6 Å². The lowest BCUT2D eigenvalue weighted by Gasteiger charge is -2.08. The van der Waals surface area contributed by atoms with Crippen molar-refractivity contribution in [2.24, 2.45) is 0 Å². The second-order valence-corrected chi connectivity index (χ2v) is 4.83. The number of rotatable bonds is 3. The molecule has 2 aromatic heterocycles. The van der Waals surface area contributed by atoms with Crippen LogP contribution in [0.2, 0.25) is 5.02 Å². The summed E-state index contributed by atoms with van der Waals surface area (Å²) in [5.41, 5.74) is 2.53. The molecule has 0 amide bonds. The highest BCUT2D eigenvalue weighted by molar-refractivity contribution is 6.34. The number of halogens is 1. The molecule has 0 spiro atoms. The van der Waals surface area contributed by atoms with Crippen molar-refractivity contribution in [3.8, 4) is 11.5 Å². The van der Waals surface area contributed by atoms with Crippen molar-refractivity contribution in [1.29, 1.82) is 0 Å². The number of nitrogens with zero attached hydrogens (tertiary/aromatic N) is 2. The Morgan fingerprint density at radius 3 is 2.85 bits per heavy atom. The van der Waals surface area contributed by atoms with E-state index in [2.05, 4.69) is 22.2 Å². The number of para-hydroxylation sites is 1. The van der Waals surface area contributed by atoms with Gasteiger partial charge < -0.3 is 9.73 Å². The molecule has 1 N–H and O–H groups in total. The SMILES string of the molecule is CCc1c(NC)ncnc1-c1cc2cccc(Cl)c2o1. The van der Waals surface area contributed by atoms with Gasteiger partial charge in [0.05, 0.1) is 5.02 Å². The quantitative estimate of drug-likeness (QED) is 0.786. The van der Waals surface area contributed by atoms with Gasteiger partial charge in [0.15, 0.2) is 11.3 Å². The second kappa shape index (κ2) is 5.13. The summed E-state index contributed by atoms with van der Waals surface area (Å²) >= 11 is 6.15. The van der Waals surface area contributed by atoms with Gasteiger partial charge in [-0.2, -0.15) is 0 Å². The van der Waals surface area contributed by atoms with Crippen LogP contribution in [0.4, 0.5) is 5.82 Å². The van der Waals surface area contributed by atoms with Crippen molar-refractivity contribution in [2.45, 2.75) is 13.3 Å². The molecule has 0 saturated carbocycles. The number of benzene rings is 1. The predicted molar refractivity (Wildman–Crippen MR) is 81.2 cm³/mol. The van der Waals surface area contributed by atoms with E-state index in [-0.39, 0.29) is 0 Å². The Balaban J connectivity index is 2.23. The number of hydrogen-bond donors (Lipinski definition) is 1. The molecule has 4 nitrogen and oxygen atoms in total. The van der Waals surface area contributed by atoms with Crippen LogP contribution in [0.1, 0.15) is 12.5 Å². The van der Waals surface area contributed by atoms with Gasteiger partial charge in [0, 0.05) is 18.0 Å². The average Bonchev–Trinajstić information content (AvgIpc) is 2.91. The van der Waals surface area contributed by atoms with E-state index in [1.807, 2.05) is 31.3 Å². The van der Waals surface area contributed by atoms with Crippen molar-refractivity contribution in [2.75, 3.05) is 12.4 Å². The fourth-order valence-electron chi connectivity index (χ4n) is 2.32. The van der Waals surface area contributed by atoms with Crippen molar-refractivity contribution in [3.05, 3.63) is 41.2 Å². The molecule has 5 heteroatoms. The molecule has 0 atom stereocenters. The summed E-state index contributed by atoms with van der Waals surface area (Å²) in [5.74, 6) is 1.54. The lowest BCUT2D eigenvalue weighted by Crippen LogP contribution is -2.01. The minimum Gasteiger partial charge on any atom is -0.453 e. The smallest absolute Gasteiger partial charge is 0.154 e. The van der Waals surface area contributed by atoms with Crippen LogP contribution in [0.25, 0.3) is 22.4 Å². The van der Waals surface area contributed by atoms with Crippen LogP contribution >= 0.6 is 11.6 Å². The van der Waals surface area contributed by atoms with Crippen LogP contribution in [0.3, 0.4) is 0 Å². The first kappa shape index (κ1) is 12.9. The van der Waals surface area contributed by atoms with Crippen molar-refractivity contribution < 1.29 is 4.42 Å². The Labute approximate surface area is 121 Å². The summed E-state index contributed by atoms with van der Waals surface area (Å²) in [5, 5.41) is 4.66. The van der Waals surface area contributed by atoms with Gasteiger partial charge in [-0.3, -0.25) is 0 Å². The maximum Gasteiger partial charge on any atom is 0.154 e. The zero-order valence-electron chi connectivity index (χ0n) is 11.3. The Kier molecular flexibility index (Phi) is 3.32. The van der Waals surface area contributed by atoms with Gasteiger partial charge in [-0.15, -0.1) is 0 Å². The van der Waals surface area contributed by atoms with Crippen LogP contribution in [0, 0.1) is 0 Å². The average molecular weight is 288 g/mol. The standard InChI is InChI=1S/C15H14ClN3O/c1-3-10-13(18-8-19-15(10)17-2)12-7-9-5-4-6-11(16)14(9)20-12/h4-8H,3H2,1-2H3,(H,17,18,19). The molecule has 0 aliphatic carbocycles. The van der Waals surface area contributed by atoms with Crippen LogP contribution in [-0.4, -0.2) is 17.0 Å². The predicted octanol–water partition coefficient (Wildman–Crippen LogP) is 4.15. The van der Waals surface area contributed by atoms with E-state index in [9.17, 15) is 0 Å². The van der Waals surface area contributed by atoms with Crippen LogP contribution in [0.15, 0.2) is 35.0 Å². The van der Waals surface area contributed by atoms with Crippen molar-refractivity contribution >= 4 is 28.4 Å². The first-order chi connectivity index (χ1) is 9.74. The van der Waals surface area contributed by atoms with E-state index in [0.29, 0.717) is 16.4 Å². The Morgan fingerprint density at radius 2 is 2.15 bits per heavy atom. The third kappa shape index (κ3) is 2.02. The van der Waals surface area contributed by atoms with Gasteiger partial charge in [0.1, 0.15) is 17.8 Å². The molecule has 3 aromatic rings. The van der Waals surface area contributed by atoms with Gasteiger partial charge >= 0.3 is 0 Å². The molecular formula is C15H14ClN3O. The minimum absolute atomic E-state index is 0.606. The monoisotopic (exact) mass is 287 g/mol. The molecule has 0 bridgehead atoms. The molecule has 0 fully saturated rings. The van der Waals surface area contributed by atoms with E-state index < -0.39 is 0 Å². The number of aromatic nitrogens is 2. The number of furan rings is 1. The summed E-state index contributed by atoms with van der Waals surface area (Å²) in [4.78, 5) is 8.60. The Hall–Kier alpha value is -2.07. The molecule has 102 valence electrons. The topological polar surface area (TPSA) is 51.0 Å². The molecule has 3 rings (SSSR count). The lowest BCUT2D eigenvalue weighted by molar-refractivity contribution is 0.627. The van der Waals surface area contributed by atoms with E-state index in [1.54, 1.807) is 0 Å². The largest absolute Gasteiger partial charge is 0.453 e. The summed E-state index contributed by atoms with van der Waals surface area (Å²) in [6, 6.07) is 7.66. The molecule has 0 radical (unpaired) electrons. The Bertz CT molecular complexity index is 767. The number of nitrogens with one attached hydrogen (secondary N) is 1. The fraction of sp³-hybridized carbons (Fsp3) is 0.200. The first-order valence-corrected chi connectivity index (χ1v) is 6.82. The second-order valence-electron chi connectivity index (χ2n) is 4.42. The summed E-state index contributed by atoms with van der Waals surface area (Å²) in [7, 11) is 1.85. The summed E-state index contributed by atoms with van der Waals surface area (Å²) in [6.45, 7) is 2.07. The number of hydrogen-bond acceptors (Lipinski definition) is 4. The van der Waals surface area contributed by atoms with Gasteiger partial charge in [-0.25, -0.2) is 9.97 Å². The fourth-order valence-corrected chi connectivity index (χ4v) is 2.54. The first-order valence-electron chi connectivity index (χ1n) is 6.44. The zero-order valence-corrected chi connectivity index (χ0v) is 12.0. The van der Waals surface area contributed by atoms with E-state index in [4.69, 9.17) is 16.0 Å². The molecule has 2 heterocycles. The third-order valence-corrected chi connectivity index (χ3v) is 3.56. The molecule has 20 heavy (non-hydrogen) atoms. The van der Waals surface area contributed by atoms with E-state index in [1.165, 1.54) is 6.33 Å². The molecule has 0 aliphatic heterocycles. The third-order valence-electron chi connectivity index (χ3n) is 3.27. The van der Waals surface area contributed by atoms with Crippen LogP contribution in [0.5, 0.6) is 0 Å². The number of anilines is 1. The molecular weight excluding hydrogens is 274 g/mol. The molecule has 1 aromatic carbocycles. The maximum atomic E-state index is 6.15. The highest BCUT2D eigenvalue weighted by Gasteiger charge is 2.15. The van der Waals surface area contributed by atoms with E-state index in [0.717, 1.165) is 28.9 Å². The van der Waals surface area contributed by atoms with Gasteiger partial charge in [0.2, 0.25) is 0 Å². The number of fused-ring (bicyclic) bond motifs is 1. The lowest BCUT2D eigenvalue weighted by atomic mass is 10.1. The zero-order chi connectivity index (χ0) is 14.1. The highest BCUT2D eigenvalue weighted by atomic mass is 35.5. The Morgan fingerprint density at radius 1 is 1.30 bits per heavy atom. The normalized spacial score (nSPS) is 10.9. The van der Waals surface area contributed by atoms with Crippen molar-refractivity contribution in [3.63, 3.8) is 0 Å². The van der Waals surface area contributed by atoms with Crippen molar-refractivity contribution in [1.82, 2.24) is 9.97 Å². The van der Waals surface area contributed by atoms with Gasteiger partial charge in [-0.1, -0.05) is 30.7 Å². The minimum atomic E-state index is 0.606. The molecule has 0 saturated heterocycles. The molecule has 0 unspecified atom stereocenters. The van der Waals surface area contributed by atoms with Gasteiger partial charge in [0.25, 0.3) is 0 Å².